The van der Waals surface area contributed by atoms with E-state index < -0.39 is 24.4 Å². The molecule has 0 aromatic carbocycles. The molecule has 2 N–H and O–H groups in total. The average molecular weight is 419 g/mol. The van der Waals surface area contributed by atoms with Crippen LogP contribution in [0.2, 0.25) is 0 Å². The lowest BCUT2D eigenvalue weighted by Crippen LogP contribution is -2.28. The third-order valence-electron chi connectivity index (χ3n) is 4.73. The second-order valence-corrected chi connectivity index (χ2v) is 7.51. The number of aliphatic hydroxyl groups is 1. The SMILES string of the molecule is CC(=O)CCC(=O)OC[C@H]1O[C@@H](n2cnc3c(NC(=O)C(C)C)ncnc32)C[C@H]1O. The van der Waals surface area contributed by atoms with E-state index >= 15 is 0 Å². The fraction of sp³-hybridized carbons (Fsp3) is 0.579. The Kier molecular flexibility index (Phi) is 6.73. The number of rotatable bonds is 8. The van der Waals surface area contributed by atoms with Gasteiger partial charge < -0.3 is 24.7 Å². The molecule has 0 bridgehead atoms. The largest absolute Gasteiger partial charge is 0.463 e. The van der Waals surface area contributed by atoms with Crippen LogP contribution in [0.5, 0.6) is 0 Å². The lowest BCUT2D eigenvalue weighted by atomic mass is 10.2. The molecule has 0 spiro atoms. The van der Waals surface area contributed by atoms with Crippen molar-refractivity contribution in [3.05, 3.63) is 12.7 Å². The molecular formula is C19H25N5O6. The summed E-state index contributed by atoms with van der Waals surface area (Å²) in [6.45, 7) is 4.83. The van der Waals surface area contributed by atoms with Gasteiger partial charge in [-0.1, -0.05) is 13.8 Å². The molecule has 0 radical (unpaired) electrons. The van der Waals surface area contributed by atoms with Crippen LogP contribution in [0, 0.1) is 5.92 Å². The van der Waals surface area contributed by atoms with E-state index in [2.05, 4.69) is 20.3 Å². The number of carbonyl (C=O) groups is 3. The summed E-state index contributed by atoms with van der Waals surface area (Å²) in [5.74, 6) is -0.724. The second-order valence-electron chi connectivity index (χ2n) is 7.51. The van der Waals surface area contributed by atoms with E-state index in [0.717, 1.165) is 0 Å². The van der Waals surface area contributed by atoms with Crippen LogP contribution in [-0.2, 0) is 23.9 Å². The highest BCUT2D eigenvalue weighted by atomic mass is 16.6. The number of fused-ring (bicyclic) bond motifs is 1. The molecule has 3 rings (SSSR count). The summed E-state index contributed by atoms with van der Waals surface area (Å²) in [6, 6.07) is 0. The minimum Gasteiger partial charge on any atom is -0.463 e. The maximum absolute atomic E-state index is 12.0. The Bertz CT molecular complexity index is 943. The van der Waals surface area contributed by atoms with E-state index in [1.807, 2.05) is 0 Å². The third-order valence-corrected chi connectivity index (χ3v) is 4.73. The second kappa shape index (κ2) is 9.26. The van der Waals surface area contributed by atoms with Crippen LogP contribution >= 0.6 is 0 Å². The molecular weight excluding hydrogens is 394 g/mol. The molecule has 1 aliphatic rings. The average Bonchev–Trinajstić information content (AvgIpc) is 3.28. The summed E-state index contributed by atoms with van der Waals surface area (Å²) >= 11 is 0. The number of hydrogen-bond donors (Lipinski definition) is 2. The fourth-order valence-corrected chi connectivity index (χ4v) is 2.98. The molecule has 1 fully saturated rings. The van der Waals surface area contributed by atoms with E-state index in [1.54, 1.807) is 18.4 Å². The molecule has 1 amide bonds. The third kappa shape index (κ3) is 4.97. The van der Waals surface area contributed by atoms with Crippen LogP contribution in [0.3, 0.4) is 0 Å². The zero-order valence-corrected chi connectivity index (χ0v) is 17.1. The van der Waals surface area contributed by atoms with Crippen molar-refractivity contribution >= 4 is 34.6 Å². The fourth-order valence-electron chi connectivity index (χ4n) is 2.98. The first-order valence-corrected chi connectivity index (χ1v) is 9.73. The first-order chi connectivity index (χ1) is 14.3. The number of imidazole rings is 1. The summed E-state index contributed by atoms with van der Waals surface area (Å²) in [6.07, 6.45) is 1.04. The predicted molar refractivity (Wildman–Crippen MR) is 104 cm³/mol. The van der Waals surface area contributed by atoms with Crippen LogP contribution in [0.4, 0.5) is 5.82 Å². The van der Waals surface area contributed by atoms with Crippen LogP contribution in [0.1, 0.15) is 46.3 Å². The zero-order valence-electron chi connectivity index (χ0n) is 17.1. The summed E-state index contributed by atoms with van der Waals surface area (Å²) in [5.41, 5.74) is 0.851. The van der Waals surface area contributed by atoms with Gasteiger partial charge in [-0.25, -0.2) is 15.0 Å². The summed E-state index contributed by atoms with van der Waals surface area (Å²) in [5, 5.41) is 13.0. The van der Waals surface area contributed by atoms with Gasteiger partial charge in [0.25, 0.3) is 0 Å². The number of anilines is 1. The highest BCUT2D eigenvalue weighted by molar-refractivity contribution is 5.97. The Morgan fingerprint density at radius 3 is 2.77 bits per heavy atom. The van der Waals surface area contributed by atoms with Crippen molar-refractivity contribution in [3.63, 3.8) is 0 Å². The highest BCUT2D eigenvalue weighted by Gasteiger charge is 2.36. The van der Waals surface area contributed by atoms with Crippen molar-refractivity contribution in [1.29, 1.82) is 0 Å². The van der Waals surface area contributed by atoms with Crippen LogP contribution in [-0.4, -0.2) is 61.1 Å². The summed E-state index contributed by atoms with van der Waals surface area (Å²) in [4.78, 5) is 47.2. The number of ketones is 1. The molecule has 30 heavy (non-hydrogen) atoms. The number of nitrogens with one attached hydrogen (secondary N) is 1. The molecule has 0 saturated carbocycles. The molecule has 0 unspecified atom stereocenters. The minimum atomic E-state index is -0.852. The number of carbonyl (C=O) groups excluding carboxylic acids is 3. The van der Waals surface area contributed by atoms with Crippen molar-refractivity contribution in [1.82, 2.24) is 19.5 Å². The Hall–Kier alpha value is -2.92. The van der Waals surface area contributed by atoms with E-state index in [4.69, 9.17) is 9.47 Å². The van der Waals surface area contributed by atoms with Crippen LogP contribution in [0.25, 0.3) is 11.2 Å². The summed E-state index contributed by atoms with van der Waals surface area (Å²) in [7, 11) is 0. The zero-order chi connectivity index (χ0) is 21.8. The number of ether oxygens (including phenoxy) is 2. The number of nitrogens with zero attached hydrogens (tertiary/aromatic N) is 4. The number of aliphatic hydroxyl groups excluding tert-OH is 1. The topological polar surface area (TPSA) is 146 Å². The molecule has 11 nitrogen and oxygen atoms in total. The van der Waals surface area contributed by atoms with E-state index in [9.17, 15) is 19.5 Å². The predicted octanol–water partition coefficient (Wildman–Crippen LogP) is 0.982. The minimum absolute atomic E-state index is 0.00444. The highest BCUT2D eigenvalue weighted by Crippen LogP contribution is 2.32. The molecule has 11 heteroatoms. The van der Waals surface area contributed by atoms with E-state index in [0.29, 0.717) is 17.0 Å². The summed E-state index contributed by atoms with van der Waals surface area (Å²) < 4.78 is 12.6. The van der Waals surface area contributed by atoms with Crippen molar-refractivity contribution in [3.8, 4) is 0 Å². The number of Topliss-reactive ketones (excluding diaryl/α,β-unsaturated/α-hetero) is 1. The van der Waals surface area contributed by atoms with Gasteiger partial charge in [-0.05, 0) is 6.92 Å². The van der Waals surface area contributed by atoms with Crippen molar-refractivity contribution in [2.75, 3.05) is 11.9 Å². The van der Waals surface area contributed by atoms with Gasteiger partial charge in [0, 0.05) is 18.8 Å². The van der Waals surface area contributed by atoms with Crippen molar-refractivity contribution < 1.29 is 29.0 Å². The van der Waals surface area contributed by atoms with Crippen molar-refractivity contribution in [2.24, 2.45) is 5.92 Å². The number of esters is 1. The smallest absolute Gasteiger partial charge is 0.306 e. The first kappa shape index (κ1) is 21.8. The Morgan fingerprint density at radius 2 is 2.07 bits per heavy atom. The quantitative estimate of drug-likeness (QED) is 0.598. The van der Waals surface area contributed by atoms with Gasteiger partial charge in [0.1, 0.15) is 31.0 Å². The first-order valence-electron chi connectivity index (χ1n) is 9.73. The normalized spacial score (nSPS) is 21.2. The molecule has 3 heterocycles. The Morgan fingerprint density at radius 1 is 1.30 bits per heavy atom. The number of aromatic nitrogens is 4. The molecule has 1 saturated heterocycles. The molecule has 2 aromatic heterocycles. The van der Waals surface area contributed by atoms with Gasteiger partial charge in [-0.2, -0.15) is 0 Å². The Balaban J connectivity index is 1.67. The monoisotopic (exact) mass is 419 g/mol. The van der Waals surface area contributed by atoms with Crippen LogP contribution in [0.15, 0.2) is 12.7 Å². The van der Waals surface area contributed by atoms with Gasteiger partial charge in [0.15, 0.2) is 17.0 Å². The van der Waals surface area contributed by atoms with Gasteiger partial charge in [0.2, 0.25) is 5.91 Å². The maximum Gasteiger partial charge on any atom is 0.306 e. The van der Waals surface area contributed by atoms with Gasteiger partial charge in [-0.15, -0.1) is 0 Å². The lowest BCUT2D eigenvalue weighted by Gasteiger charge is -2.16. The van der Waals surface area contributed by atoms with Gasteiger partial charge >= 0.3 is 5.97 Å². The van der Waals surface area contributed by atoms with Crippen LogP contribution < -0.4 is 5.32 Å². The van der Waals surface area contributed by atoms with Crippen molar-refractivity contribution in [2.45, 2.75) is 58.5 Å². The molecule has 0 aliphatic carbocycles. The molecule has 2 aromatic rings. The van der Waals surface area contributed by atoms with Gasteiger partial charge in [-0.3, -0.25) is 14.2 Å². The maximum atomic E-state index is 12.0. The lowest BCUT2D eigenvalue weighted by molar-refractivity contribution is -0.150. The van der Waals surface area contributed by atoms with Gasteiger partial charge in [0.05, 0.1) is 18.9 Å². The number of hydrogen-bond acceptors (Lipinski definition) is 9. The molecule has 162 valence electrons. The number of amides is 1. The molecule has 3 atom stereocenters. The standard InChI is InChI=1S/C19H25N5O6/c1-10(2)19(28)23-17-16-18(21-8-20-17)24(9-22-16)14-6-12(26)13(30-14)7-29-15(27)5-4-11(3)25/h8-10,12-14,26H,4-7H2,1-3H3,(H,20,21,23,28)/t12-,13-,14-/m1/s1. The van der Waals surface area contributed by atoms with E-state index in [-0.39, 0.29) is 43.5 Å². The Labute approximate surface area is 172 Å². The molecule has 1 aliphatic heterocycles. The van der Waals surface area contributed by atoms with E-state index in [1.165, 1.54) is 19.6 Å².